The number of pyridine rings is 1. The molecule has 2 aromatic heterocycles. The van der Waals surface area contributed by atoms with Crippen molar-refractivity contribution in [3.63, 3.8) is 0 Å². The minimum Gasteiger partial charge on any atom is -0.461 e. The molecule has 1 amide bonds. The summed E-state index contributed by atoms with van der Waals surface area (Å²) in [6.45, 7) is 0.288. The van der Waals surface area contributed by atoms with Crippen LogP contribution < -0.4 is 5.32 Å². The number of aromatic nitrogens is 2. The fourth-order valence-electron chi connectivity index (χ4n) is 5.61. The summed E-state index contributed by atoms with van der Waals surface area (Å²) in [4.78, 5) is 35.6. The first kappa shape index (κ1) is 33.9. The van der Waals surface area contributed by atoms with Crippen LogP contribution in [0.15, 0.2) is 71.6 Å². The lowest BCUT2D eigenvalue weighted by Crippen LogP contribution is -2.36. The summed E-state index contributed by atoms with van der Waals surface area (Å²) in [5.41, 5.74) is 2.22. The van der Waals surface area contributed by atoms with Crippen LogP contribution in [0.3, 0.4) is 0 Å². The van der Waals surface area contributed by atoms with Gasteiger partial charge in [0, 0.05) is 20.2 Å². The second-order valence-electron chi connectivity index (χ2n) is 11.3. The van der Waals surface area contributed by atoms with Gasteiger partial charge in [-0.1, -0.05) is 91.1 Å². The van der Waals surface area contributed by atoms with E-state index in [0.29, 0.717) is 33.0 Å². The Balaban J connectivity index is 1.29. The van der Waals surface area contributed by atoms with Gasteiger partial charge in [0.1, 0.15) is 22.1 Å². The molecule has 1 aliphatic rings. The lowest BCUT2D eigenvalue weighted by molar-refractivity contribution is -0.145. The number of hydrogen-bond acceptors (Lipinski definition) is 9. The second-order valence-corrected chi connectivity index (χ2v) is 14.6. The summed E-state index contributed by atoms with van der Waals surface area (Å²) in [6, 6.07) is 19.2. The third kappa shape index (κ3) is 8.89. The van der Waals surface area contributed by atoms with Gasteiger partial charge in [0.2, 0.25) is 15.9 Å². The van der Waals surface area contributed by atoms with E-state index in [1.165, 1.54) is 34.9 Å². The highest BCUT2D eigenvalue weighted by atomic mass is 35.5. The Hall–Kier alpha value is -3.42. The number of esters is 1. The summed E-state index contributed by atoms with van der Waals surface area (Å²) in [5, 5.41) is 3.74. The molecule has 0 saturated heterocycles. The van der Waals surface area contributed by atoms with E-state index in [1.807, 2.05) is 30.3 Å². The number of fused-ring (bicyclic) bond motifs is 1. The summed E-state index contributed by atoms with van der Waals surface area (Å²) < 4.78 is 39.1. The maximum Gasteiger partial charge on any atom is 0.307 e. The van der Waals surface area contributed by atoms with Crippen LogP contribution >= 0.6 is 22.9 Å². The average molecular weight is 685 g/mol. The SMILES string of the molecule is COCCN(CCC(=O)OCc1ccccc1)S(=O)(=O)c1ccc(C(CC2CCCC2)C(=O)Nc2nc3ccc(Cl)nc3s2)cc1. The molecule has 0 bridgehead atoms. The van der Waals surface area contributed by atoms with Crippen molar-refractivity contribution in [2.75, 3.05) is 32.1 Å². The van der Waals surface area contributed by atoms with Crippen LogP contribution in [0, 0.1) is 5.92 Å². The zero-order valence-corrected chi connectivity index (χ0v) is 28.0. The monoisotopic (exact) mass is 684 g/mol. The van der Waals surface area contributed by atoms with E-state index in [1.54, 1.807) is 24.3 Å². The molecular formula is C33H37ClN4O6S2. The van der Waals surface area contributed by atoms with E-state index >= 15 is 0 Å². The zero-order chi connectivity index (χ0) is 32.5. The molecule has 1 unspecified atom stereocenters. The second kappa shape index (κ2) is 15.9. The molecule has 1 fully saturated rings. The molecule has 1 atom stereocenters. The normalized spacial score (nSPS) is 14.5. The van der Waals surface area contributed by atoms with Gasteiger partial charge in [-0.3, -0.25) is 9.59 Å². The summed E-state index contributed by atoms with van der Waals surface area (Å²) in [7, 11) is -2.48. The lowest BCUT2D eigenvalue weighted by atomic mass is 9.87. The predicted molar refractivity (Wildman–Crippen MR) is 178 cm³/mol. The molecule has 4 aromatic rings. The van der Waals surface area contributed by atoms with Crippen molar-refractivity contribution >= 4 is 60.3 Å². The standard InChI is InChI=1S/C33H37ClN4O6S2/c1-43-20-19-38(18-17-30(39)44-22-24-9-3-2-4-10-24)46(41,42)26-13-11-25(12-14-26)27(21-23-7-5-6-8-23)31(40)37-33-35-28-15-16-29(34)36-32(28)45-33/h2-4,9-16,23,27H,5-8,17-22H2,1H3,(H,35,37,40). The van der Waals surface area contributed by atoms with Crippen LogP contribution in [-0.2, 0) is 35.7 Å². The highest BCUT2D eigenvalue weighted by molar-refractivity contribution is 7.89. The van der Waals surface area contributed by atoms with E-state index < -0.39 is 21.9 Å². The molecule has 0 spiro atoms. The first-order valence-corrected chi connectivity index (χ1v) is 17.9. The smallest absolute Gasteiger partial charge is 0.307 e. The Morgan fingerprint density at radius 1 is 1.02 bits per heavy atom. The predicted octanol–water partition coefficient (Wildman–Crippen LogP) is 6.42. The van der Waals surface area contributed by atoms with Crippen molar-refractivity contribution in [1.82, 2.24) is 14.3 Å². The van der Waals surface area contributed by atoms with Gasteiger partial charge in [-0.05, 0) is 47.7 Å². The number of carbonyl (C=O) groups is 2. The summed E-state index contributed by atoms with van der Waals surface area (Å²) in [5.74, 6) is -0.790. The van der Waals surface area contributed by atoms with E-state index in [-0.39, 0.29) is 43.5 Å². The van der Waals surface area contributed by atoms with Gasteiger partial charge < -0.3 is 14.8 Å². The Morgan fingerprint density at radius 2 is 1.76 bits per heavy atom. The number of methoxy groups -OCH3 is 1. The van der Waals surface area contributed by atoms with Gasteiger partial charge in [-0.2, -0.15) is 4.31 Å². The molecule has 13 heteroatoms. The molecule has 0 radical (unpaired) electrons. The highest BCUT2D eigenvalue weighted by Gasteiger charge is 2.29. The molecule has 5 rings (SSSR count). The Bertz CT molecular complexity index is 1730. The number of benzene rings is 2. The minimum absolute atomic E-state index is 0.0595. The Morgan fingerprint density at radius 3 is 2.48 bits per heavy atom. The van der Waals surface area contributed by atoms with Crippen LogP contribution in [0.2, 0.25) is 5.15 Å². The van der Waals surface area contributed by atoms with Crippen molar-refractivity contribution in [2.24, 2.45) is 5.92 Å². The van der Waals surface area contributed by atoms with Crippen LogP contribution in [0.25, 0.3) is 10.3 Å². The van der Waals surface area contributed by atoms with Gasteiger partial charge in [0.15, 0.2) is 5.13 Å². The van der Waals surface area contributed by atoms with Crippen LogP contribution in [0.5, 0.6) is 0 Å². The third-order valence-electron chi connectivity index (χ3n) is 8.08. The summed E-state index contributed by atoms with van der Waals surface area (Å²) in [6.07, 6.45) is 4.93. The number of ether oxygens (including phenoxy) is 2. The molecule has 10 nitrogen and oxygen atoms in total. The Labute approximate surface area is 278 Å². The molecule has 244 valence electrons. The number of nitrogens with one attached hydrogen (secondary N) is 1. The van der Waals surface area contributed by atoms with Gasteiger partial charge in [-0.15, -0.1) is 0 Å². The molecule has 2 heterocycles. The largest absolute Gasteiger partial charge is 0.461 e. The minimum atomic E-state index is -3.97. The zero-order valence-electron chi connectivity index (χ0n) is 25.6. The van der Waals surface area contributed by atoms with Gasteiger partial charge in [0.05, 0.1) is 23.8 Å². The van der Waals surface area contributed by atoms with Gasteiger partial charge >= 0.3 is 5.97 Å². The maximum absolute atomic E-state index is 13.7. The number of amides is 1. The molecular weight excluding hydrogens is 648 g/mol. The van der Waals surface area contributed by atoms with E-state index in [0.717, 1.165) is 36.8 Å². The van der Waals surface area contributed by atoms with Gasteiger partial charge in [-0.25, -0.2) is 18.4 Å². The molecule has 1 saturated carbocycles. The topological polar surface area (TPSA) is 128 Å². The number of sulfonamides is 1. The molecule has 0 aliphatic heterocycles. The number of halogens is 1. The summed E-state index contributed by atoms with van der Waals surface area (Å²) >= 11 is 7.27. The number of thiazole rings is 1. The van der Waals surface area contributed by atoms with E-state index in [2.05, 4.69) is 15.3 Å². The van der Waals surface area contributed by atoms with Gasteiger partial charge in [0.25, 0.3) is 0 Å². The van der Waals surface area contributed by atoms with Crippen molar-refractivity contribution in [2.45, 2.75) is 55.9 Å². The van der Waals surface area contributed by atoms with Crippen molar-refractivity contribution < 1.29 is 27.5 Å². The molecule has 2 aromatic carbocycles. The number of hydrogen-bond donors (Lipinski definition) is 1. The van der Waals surface area contributed by atoms with Crippen LogP contribution in [-0.4, -0.2) is 61.4 Å². The molecule has 1 N–H and O–H groups in total. The van der Waals surface area contributed by atoms with Crippen molar-refractivity contribution in [3.05, 3.63) is 83.0 Å². The number of carbonyl (C=O) groups excluding carboxylic acids is 2. The lowest BCUT2D eigenvalue weighted by Gasteiger charge is -2.23. The fourth-order valence-corrected chi connectivity index (χ4v) is 8.07. The van der Waals surface area contributed by atoms with Crippen LogP contribution in [0.1, 0.15) is 55.6 Å². The van der Waals surface area contributed by atoms with E-state index in [4.69, 9.17) is 21.1 Å². The average Bonchev–Trinajstić information content (AvgIpc) is 3.72. The third-order valence-corrected chi connectivity index (χ3v) is 11.1. The molecule has 46 heavy (non-hydrogen) atoms. The fraction of sp³-hybridized carbons (Fsp3) is 0.394. The number of nitrogens with zero attached hydrogens (tertiary/aromatic N) is 3. The first-order valence-electron chi connectivity index (χ1n) is 15.3. The maximum atomic E-state index is 13.7. The van der Waals surface area contributed by atoms with E-state index in [9.17, 15) is 18.0 Å². The quantitative estimate of drug-likeness (QED) is 0.112. The van der Waals surface area contributed by atoms with Crippen molar-refractivity contribution in [3.8, 4) is 0 Å². The molecule has 1 aliphatic carbocycles. The van der Waals surface area contributed by atoms with Crippen LogP contribution in [0.4, 0.5) is 5.13 Å². The van der Waals surface area contributed by atoms with Crippen molar-refractivity contribution in [1.29, 1.82) is 0 Å². The number of anilines is 1. The number of rotatable bonds is 15. The Kier molecular flexibility index (Phi) is 11.7. The highest BCUT2D eigenvalue weighted by Crippen LogP contribution is 2.36. The first-order chi connectivity index (χ1) is 22.2.